The van der Waals surface area contributed by atoms with Gasteiger partial charge in [0.2, 0.25) is 0 Å². The van der Waals surface area contributed by atoms with Crippen LogP contribution in [0.3, 0.4) is 0 Å². The van der Waals surface area contributed by atoms with Crippen LogP contribution in [0.25, 0.3) is 0 Å². The molecule has 1 unspecified atom stereocenters. The quantitative estimate of drug-likeness (QED) is 0.785. The molecular weight excluding hydrogens is 252 g/mol. The second-order valence-electron chi connectivity index (χ2n) is 3.90. The predicted octanol–water partition coefficient (Wildman–Crippen LogP) is 2.03. The van der Waals surface area contributed by atoms with Gasteiger partial charge in [0, 0.05) is 6.07 Å². The maximum Gasteiger partial charge on any atom is 0.344 e. The summed E-state index contributed by atoms with van der Waals surface area (Å²) in [6.07, 6.45) is -0.162. The highest BCUT2D eigenvalue weighted by Gasteiger charge is 2.22. The van der Waals surface area contributed by atoms with Gasteiger partial charge in [-0.1, -0.05) is 13.3 Å². The normalized spacial score (nSPS) is 11.7. The Bertz CT molecular complexity index is 468. The summed E-state index contributed by atoms with van der Waals surface area (Å²) < 4.78 is 10.3. The number of aliphatic carboxylic acids is 1. The molecule has 1 rings (SSSR count). The van der Waals surface area contributed by atoms with Crippen LogP contribution in [0.2, 0.25) is 0 Å². The van der Waals surface area contributed by atoms with Gasteiger partial charge in [0.05, 0.1) is 7.11 Å². The zero-order valence-corrected chi connectivity index (χ0v) is 10.8. The van der Waals surface area contributed by atoms with Crippen LogP contribution in [0.1, 0.15) is 30.1 Å². The Morgan fingerprint density at radius 1 is 1.32 bits per heavy atom. The van der Waals surface area contributed by atoms with Gasteiger partial charge in [0.25, 0.3) is 0 Å². The highest BCUT2D eigenvalue weighted by Crippen LogP contribution is 2.26. The molecule has 0 spiro atoms. The molecule has 6 heteroatoms. The molecule has 1 aromatic carbocycles. The zero-order chi connectivity index (χ0) is 14.4. The molecule has 0 aliphatic heterocycles. The summed E-state index contributed by atoms with van der Waals surface area (Å²) >= 11 is 0. The Morgan fingerprint density at radius 3 is 2.47 bits per heavy atom. The first kappa shape index (κ1) is 14.8. The molecule has 2 N–H and O–H groups in total. The molecule has 0 saturated heterocycles. The van der Waals surface area contributed by atoms with Crippen LogP contribution >= 0.6 is 0 Å². The van der Waals surface area contributed by atoms with Gasteiger partial charge in [-0.2, -0.15) is 0 Å². The fourth-order valence-electron chi connectivity index (χ4n) is 1.55. The Labute approximate surface area is 110 Å². The number of carboxylic acid groups (broad SMARTS) is 2. The van der Waals surface area contributed by atoms with E-state index < -0.39 is 18.0 Å². The summed E-state index contributed by atoms with van der Waals surface area (Å²) in [6, 6.07) is 4.17. The number of ether oxygens (including phenoxy) is 2. The average Bonchev–Trinajstić information content (AvgIpc) is 2.37. The molecule has 0 aromatic heterocycles. The smallest absolute Gasteiger partial charge is 0.344 e. The van der Waals surface area contributed by atoms with Crippen molar-refractivity contribution in [2.24, 2.45) is 0 Å². The Hall–Kier alpha value is -2.24. The maximum absolute atomic E-state index is 11.1. The maximum atomic E-state index is 11.1. The number of hydrogen-bond acceptors (Lipinski definition) is 4. The molecule has 0 amide bonds. The summed E-state index contributed by atoms with van der Waals surface area (Å²) in [7, 11) is 1.43. The van der Waals surface area contributed by atoms with Crippen LogP contribution in [0.4, 0.5) is 0 Å². The lowest BCUT2D eigenvalue weighted by molar-refractivity contribution is -0.145. The van der Waals surface area contributed by atoms with Gasteiger partial charge < -0.3 is 19.7 Å². The van der Waals surface area contributed by atoms with Crippen LogP contribution in [-0.2, 0) is 4.79 Å². The van der Waals surface area contributed by atoms with Crippen LogP contribution in [0.5, 0.6) is 11.5 Å². The van der Waals surface area contributed by atoms with Crippen molar-refractivity contribution in [3.63, 3.8) is 0 Å². The zero-order valence-electron chi connectivity index (χ0n) is 10.8. The van der Waals surface area contributed by atoms with Crippen molar-refractivity contribution < 1.29 is 29.3 Å². The SMILES string of the molecule is CCCC(Oc1cc(OC)ccc1C(=O)O)C(=O)O. The first-order valence-corrected chi connectivity index (χ1v) is 5.80. The molecule has 0 bridgehead atoms. The van der Waals surface area contributed by atoms with E-state index in [-0.39, 0.29) is 11.3 Å². The Morgan fingerprint density at radius 2 is 2.00 bits per heavy atom. The lowest BCUT2D eigenvalue weighted by Gasteiger charge is -2.16. The molecule has 104 valence electrons. The van der Waals surface area contributed by atoms with Gasteiger partial charge in [0.1, 0.15) is 17.1 Å². The van der Waals surface area contributed by atoms with E-state index >= 15 is 0 Å². The summed E-state index contributed by atoms with van der Waals surface area (Å²) in [6.45, 7) is 1.82. The van der Waals surface area contributed by atoms with Crippen molar-refractivity contribution in [1.29, 1.82) is 0 Å². The van der Waals surface area contributed by atoms with E-state index in [1.54, 1.807) is 0 Å². The van der Waals surface area contributed by atoms with Crippen LogP contribution in [-0.4, -0.2) is 35.4 Å². The minimum absolute atomic E-state index is 0.00676. The molecule has 0 saturated carbocycles. The highest BCUT2D eigenvalue weighted by molar-refractivity contribution is 5.91. The molecule has 0 aliphatic carbocycles. The van der Waals surface area contributed by atoms with E-state index in [1.807, 2.05) is 6.92 Å². The minimum atomic E-state index is -1.18. The fraction of sp³-hybridized carbons (Fsp3) is 0.385. The number of hydrogen-bond donors (Lipinski definition) is 2. The van der Waals surface area contributed by atoms with E-state index in [1.165, 1.54) is 25.3 Å². The van der Waals surface area contributed by atoms with Gasteiger partial charge in [-0.25, -0.2) is 9.59 Å². The molecule has 1 atom stereocenters. The Balaban J connectivity index is 3.08. The molecule has 0 radical (unpaired) electrons. The second kappa shape index (κ2) is 6.63. The largest absolute Gasteiger partial charge is 0.497 e. The summed E-state index contributed by atoms with van der Waals surface area (Å²) in [5, 5.41) is 18.1. The third kappa shape index (κ3) is 3.87. The number of benzene rings is 1. The van der Waals surface area contributed by atoms with E-state index in [2.05, 4.69) is 0 Å². The summed E-state index contributed by atoms with van der Waals surface area (Å²) in [4.78, 5) is 22.1. The first-order chi connectivity index (χ1) is 8.99. The van der Waals surface area contributed by atoms with Crippen LogP contribution < -0.4 is 9.47 Å². The van der Waals surface area contributed by atoms with Gasteiger partial charge in [-0.3, -0.25) is 0 Å². The monoisotopic (exact) mass is 268 g/mol. The number of rotatable bonds is 7. The lowest BCUT2D eigenvalue weighted by atomic mass is 10.1. The molecule has 0 fully saturated rings. The van der Waals surface area contributed by atoms with E-state index in [0.717, 1.165) is 0 Å². The van der Waals surface area contributed by atoms with Crippen molar-refractivity contribution in [3.05, 3.63) is 23.8 Å². The standard InChI is InChI=1S/C13H16O6/c1-3-4-10(13(16)17)19-11-7-8(18-2)5-6-9(11)12(14)15/h5-7,10H,3-4H2,1-2H3,(H,14,15)(H,16,17). The molecule has 6 nitrogen and oxygen atoms in total. The van der Waals surface area contributed by atoms with Crippen molar-refractivity contribution >= 4 is 11.9 Å². The molecule has 19 heavy (non-hydrogen) atoms. The highest BCUT2D eigenvalue weighted by atomic mass is 16.5. The summed E-state index contributed by atoms with van der Waals surface area (Å²) in [5.41, 5.74) is -0.0943. The molecule has 0 heterocycles. The topological polar surface area (TPSA) is 93.1 Å². The van der Waals surface area contributed by atoms with Crippen LogP contribution in [0, 0.1) is 0 Å². The third-order valence-electron chi connectivity index (χ3n) is 2.51. The van der Waals surface area contributed by atoms with E-state index in [0.29, 0.717) is 18.6 Å². The predicted molar refractivity (Wildman–Crippen MR) is 66.9 cm³/mol. The van der Waals surface area contributed by atoms with Crippen molar-refractivity contribution in [2.75, 3.05) is 7.11 Å². The average molecular weight is 268 g/mol. The molecular formula is C13H16O6. The van der Waals surface area contributed by atoms with Crippen molar-refractivity contribution in [1.82, 2.24) is 0 Å². The van der Waals surface area contributed by atoms with Crippen molar-refractivity contribution in [2.45, 2.75) is 25.9 Å². The number of carbonyl (C=O) groups is 2. The lowest BCUT2D eigenvalue weighted by Crippen LogP contribution is -2.27. The number of carboxylic acids is 2. The minimum Gasteiger partial charge on any atom is -0.497 e. The van der Waals surface area contributed by atoms with Gasteiger partial charge in [-0.15, -0.1) is 0 Å². The number of methoxy groups -OCH3 is 1. The molecule has 0 aliphatic rings. The van der Waals surface area contributed by atoms with Gasteiger partial charge in [0.15, 0.2) is 6.10 Å². The van der Waals surface area contributed by atoms with Crippen LogP contribution in [0.15, 0.2) is 18.2 Å². The molecule has 1 aromatic rings. The first-order valence-electron chi connectivity index (χ1n) is 5.80. The fourth-order valence-corrected chi connectivity index (χ4v) is 1.55. The third-order valence-corrected chi connectivity index (χ3v) is 2.51. The number of aromatic carboxylic acids is 1. The van der Waals surface area contributed by atoms with Gasteiger partial charge >= 0.3 is 11.9 Å². The van der Waals surface area contributed by atoms with E-state index in [4.69, 9.17) is 19.7 Å². The second-order valence-corrected chi connectivity index (χ2v) is 3.90. The van der Waals surface area contributed by atoms with E-state index in [9.17, 15) is 9.59 Å². The Kier molecular flexibility index (Phi) is 5.17. The summed E-state index contributed by atoms with van der Waals surface area (Å²) in [5.74, 6) is -1.91. The van der Waals surface area contributed by atoms with Gasteiger partial charge in [-0.05, 0) is 18.6 Å². The van der Waals surface area contributed by atoms with Crippen molar-refractivity contribution in [3.8, 4) is 11.5 Å².